The summed E-state index contributed by atoms with van der Waals surface area (Å²) in [6.07, 6.45) is 1.50. The maximum Gasteiger partial charge on any atom is 0.244 e. The monoisotopic (exact) mass is 325 g/mol. The molecule has 0 fully saturated rings. The lowest BCUT2D eigenvalue weighted by atomic mass is 10.1. The van der Waals surface area contributed by atoms with E-state index in [9.17, 15) is 5.11 Å². The highest BCUT2D eigenvalue weighted by Gasteiger charge is 2.18. The molecule has 1 aromatic heterocycles. The van der Waals surface area contributed by atoms with E-state index in [4.69, 9.17) is 4.74 Å². The molecule has 0 spiro atoms. The zero-order valence-corrected chi connectivity index (χ0v) is 14.6. The second kappa shape index (κ2) is 7.05. The first-order valence-corrected chi connectivity index (χ1v) is 8.44. The average molecular weight is 325 g/mol. The van der Waals surface area contributed by atoms with Crippen LogP contribution in [-0.2, 0) is 13.1 Å². The van der Waals surface area contributed by atoms with Gasteiger partial charge < -0.3 is 9.84 Å². The number of nitrogens with zero attached hydrogens (tertiary/aromatic N) is 2. The number of hydrogen-bond donors (Lipinski definition) is 1. The molecule has 2 aromatic carbocycles. The standard InChI is InChI=1S/C20H25N2O2/c1-4-21-14-22(19-11-6-5-10-18(19)21)12-17(23)13-24-20-15(2)8-7-9-16(20)3/h5-11,14,17,23H,4,12-13H2,1-3H3/q+1/t17-/m1/s1. The zero-order chi connectivity index (χ0) is 17.1. The molecule has 0 bridgehead atoms. The molecule has 0 aliphatic rings. The Kier molecular flexibility index (Phi) is 4.86. The molecule has 0 saturated carbocycles. The molecule has 0 unspecified atom stereocenters. The van der Waals surface area contributed by atoms with Crippen LogP contribution in [0.5, 0.6) is 5.75 Å². The van der Waals surface area contributed by atoms with Crippen LogP contribution in [0.15, 0.2) is 48.8 Å². The maximum absolute atomic E-state index is 10.4. The first-order valence-electron chi connectivity index (χ1n) is 8.44. The van der Waals surface area contributed by atoms with E-state index in [0.717, 1.165) is 28.9 Å². The van der Waals surface area contributed by atoms with Crippen LogP contribution >= 0.6 is 0 Å². The molecular weight excluding hydrogens is 300 g/mol. The van der Waals surface area contributed by atoms with E-state index in [1.807, 2.05) is 44.2 Å². The van der Waals surface area contributed by atoms with Crippen molar-refractivity contribution < 1.29 is 14.4 Å². The van der Waals surface area contributed by atoms with E-state index in [1.54, 1.807) is 0 Å². The fraction of sp³-hybridized carbons (Fsp3) is 0.350. The quantitative estimate of drug-likeness (QED) is 0.708. The highest BCUT2D eigenvalue weighted by Crippen LogP contribution is 2.22. The van der Waals surface area contributed by atoms with Crippen LogP contribution in [0.2, 0.25) is 0 Å². The topological polar surface area (TPSA) is 38.3 Å². The number of benzene rings is 2. The average Bonchev–Trinajstić information content (AvgIpc) is 2.92. The van der Waals surface area contributed by atoms with Crippen LogP contribution in [0.1, 0.15) is 18.1 Å². The summed E-state index contributed by atoms with van der Waals surface area (Å²) in [7, 11) is 0. The molecule has 0 amide bonds. The van der Waals surface area contributed by atoms with E-state index < -0.39 is 6.10 Å². The molecule has 1 heterocycles. The molecule has 1 atom stereocenters. The van der Waals surface area contributed by atoms with E-state index >= 15 is 0 Å². The summed E-state index contributed by atoms with van der Waals surface area (Å²) in [5.41, 5.74) is 4.50. The molecule has 0 aliphatic carbocycles. The van der Waals surface area contributed by atoms with Gasteiger partial charge in [-0.2, -0.15) is 0 Å². The number of rotatable bonds is 6. The second-order valence-corrected chi connectivity index (χ2v) is 6.23. The van der Waals surface area contributed by atoms with E-state index in [1.165, 1.54) is 5.52 Å². The Morgan fingerprint density at radius 2 is 1.79 bits per heavy atom. The van der Waals surface area contributed by atoms with Gasteiger partial charge in [0.15, 0.2) is 11.0 Å². The van der Waals surface area contributed by atoms with Crippen LogP contribution in [0, 0.1) is 13.8 Å². The zero-order valence-electron chi connectivity index (χ0n) is 14.6. The minimum absolute atomic E-state index is 0.282. The summed E-state index contributed by atoms with van der Waals surface area (Å²) in [5, 5.41) is 10.4. The van der Waals surface area contributed by atoms with Gasteiger partial charge in [-0.25, -0.2) is 9.13 Å². The first kappa shape index (κ1) is 16.5. The van der Waals surface area contributed by atoms with Crippen molar-refractivity contribution in [2.45, 2.75) is 40.0 Å². The molecule has 1 N–H and O–H groups in total. The van der Waals surface area contributed by atoms with Crippen molar-refractivity contribution in [3.8, 4) is 5.75 Å². The van der Waals surface area contributed by atoms with Gasteiger partial charge in [-0.05, 0) is 44.0 Å². The van der Waals surface area contributed by atoms with Crippen LogP contribution in [0.3, 0.4) is 0 Å². The Morgan fingerprint density at radius 3 is 2.50 bits per heavy atom. The predicted molar refractivity (Wildman–Crippen MR) is 95.2 cm³/mol. The van der Waals surface area contributed by atoms with Crippen molar-refractivity contribution in [3.63, 3.8) is 0 Å². The Hall–Kier alpha value is -2.33. The van der Waals surface area contributed by atoms with Crippen molar-refractivity contribution in [1.29, 1.82) is 0 Å². The lowest BCUT2D eigenvalue weighted by Crippen LogP contribution is -2.41. The normalized spacial score (nSPS) is 12.5. The molecule has 0 saturated heterocycles. The minimum Gasteiger partial charge on any atom is -0.490 e. The largest absolute Gasteiger partial charge is 0.490 e. The van der Waals surface area contributed by atoms with E-state index in [2.05, 4.69) is 34.5 Å². The van der Waals surface area contributed by atoms with Crippen LogP contribution in [-0.4, -0.2) is 22.4 Å². The predicted octanol–water partition coefficient (Wildman–Crippen LogP) is 3.01. The molecule has 126 valence electrons. The highest BCUT2D eigenvalue weighted by atomic mass is 16.5. The molecule has 4 nitrogen and oxygen atoms in total. The molecule has 0 aliphatic heterocycles. The Bertz CT molecular complexity index is 819. The number of ether oxygens (including phenoxy) is 1. The SMILES string of the molecule is CCn1c[n+](C[C@@H](O)COc2c(C)cccc2C)c2ccccc21. The van der Waals surface area contributed by atoms with Gasteiger partial charge in [0.05, 0.1) is 6.54 Å². The molecule has 0 radical (unpaired) electrons. The summed E-state index contributed by atoms with van der Waals surface area (Å²) in [6.45, 7) is 7.87. The summed E-state index contributed by atoms with van der Waals surface area (Å²) in [4.78, 5) is 0. The van der Waals surface area contributed by atoms with Crippen molar-refractivity contribution in [2.24, 2.45) is 0 Å². The van der Waals surface area contributed by atoms with Crippen molar-refractivity contribution >= 4 is 11.0 Å². The van der Waals surface area contributed by atoms with E-state index in [-0.39, 0.29) is 6.61 Å². The number of aliphatic hydroxyl groups excluding tert-OH is 1. The van der Waals surface area contributed by atoms with Gasteiger partial charge in [0.25, 0.3) is 0 Å². The fourth-order valence-corrected chi connectivity index (χ4v) is 3.13. The second-order valence-electron chi connectivity index (χ2n) is 6.23. The van der Waals surface area contributed by atoms with Crippen molar-refractivity contribution in [3.05, 3.63) is 59.9 Å². The molecule has 24 heavy (non-hydrogen) atoms. The van der Waals surface area contributed by atoms with Gasteiger partial charge in [0, 0.05) is 0 Å². The van der Waals surface area contributed by atoms with Gasteiger partial charge in [-0.1, -0.05) is 30.3 Å². The molecular formula is C20H25N2O2+. The third-order valence-electron chi connectivity index (χ3n) is 4.36. The summed E-state index contributed by atoms with van der Waals surface area (Å²) in [5.74, 6) is 0.873. The lowest BCUT2D eigenvalue weighted by Gasteiger charge is -2.14. The fourth-order valence-electron chi connectivity index (χ4n) is 3.13. The van der Waals surface area contributed by atoms with Crippen LogP contribution < -0.4 is 9.30 Å². The molecule has 3 rings (SSSR count). The summed E-state index contributed by atoms with van der Waals surface area (Å²) in [6, 6.07) is 14.3. The smallest absolute Gasteiger partial charge is 0.244 e. The number of hydrogen-bond acceptors (Lipinski definition) is 2. The Labute approximate surface area is 142 Å². The number of aliphatic hydroxyl groups is 1. The third kappa shape index (κ3) is 3.29. The number of aryl methyl sites for hydroxylation is 3. The lowest BCUT2D eigenvalue weighted by molar-refractivity contribution is -0.679. The van der Waals surface area contributed by atoms with Gasteiger partial charge >= 0.3 is 0 Å². The summed E-state index contributed by atoms with van der Waals surface area (Å²) < 4.78 is 10.2. The highest BCUT2D eigenvalue weighted by molar-refractivity contribution is 5.71. The van der Waals surface area contributed by atoms with Gasteiger partial charge in [-0.3, -0.25) is 0 Å². The van der Waals surface area contributed by atoms with Gasteiger partial charge in [0.1, 0.15) is 25.0 Å². The molecule has 3 aromatic rings. The number of fused-ring (bicyclic) bond motifs is 1. The van der Waals surface area contributed by atoms with Crippen molar-refractivity contribution in [1.82, 2.24) is 4.57 Å². The van der Waals surface area contributed by atoms with Gasteiger partial charge in [0.2, 0.25) is 6.33 Å². The molecule has 4 heteroatoms. The van der Waals surface area contributed by atoms with Crippen molar-refractivity contribution in [2.75, 3.05) is 6.61 Å². The number of aromatic nitrogens is 2. The Balaban J connectivity index is 1.72. The first-order chi connectivity index (χ1) is 11.6. The maximum atomic E-state index is 10.4. The third-order valence-corrected chi connectivity index (χ3v) is 4.36. The van der Waals surface area contributed by atoms with Crippen LogP contribution in [0.25, 0.3) is 11.0 Å². The number of imidazole rings is 1. The van der Waals surface area contributed by atoms with Gasteiger partial charge in [-0.15, -0.1) is 0 Å². The van der Waals surface area contributed by atoms with E-state index in [0.29, 0.717) is 6.54 Å². The summed E-state index contributed by atoms with van der Waals surface area (Å²) >= 11 is 0. The minimum atomic E-state index is -0.565. The number of para-hydroxylation sites is 3. The van der Waals surface area contributed by atoms with Crippen LogP contribution in [0.4, 0.5) is 0 Å². The Morgan fingerprint density at radius 1 is 1.08 bits per heavy atom.